The number of carboxylic acid groups (broad SMARTS) is 1. The molecule has 11 heteroatoms. The van der Waals surface area contributed by atoms with E-state index in [1.54, 1.807) is 0 Å². The third-order valence-electron chi connectivity index (χ3n) is 3.34. The lowest BCUT2D eigenvalue weighted by Crippen LogP contribution is -2.37. The molecule has 122 valence electrons. The van der Waals surface area contributed by atoms with Gasteiger partial charge in [-0.3, -0.25) is 29.1 Å². The number of fused-ring (bicyclic) bond motifs is 1. The van der Waals surface area contributed by atoms with Crippen molar-refractivity contribution in [1.29, 1.82) is 0 Å². The minimum absolute atomic E-state index is 0.0578. The van der Waals surface area contributed by atoms with Crippen LogP contribution in [0.3, 0.4) is 0 Å². The van der Waals surface area contributed by atoms with E-state index in [9.17, 15) is 24.5 Å². The Labute approximate surface area is 131 Å². The molecular formula is C13H9N5O6. The summed E-state index contributed by atoms with van der Waals surface area (Å²) in [5.74, 6) is -1.36. The lowest BCUT2D eigenvalue weighted by molar-refractivity contribution is -0.384. The first-order chi connectivity index (χ1) is 11.4. The number of H-pyrrole nitrogens is 1. The fourth-order valence-electron chi connectivity index (χ4n) is 2.34. The number of nitrogens with one attached hydrogen (secondary N) is 1. The highest BCUT2D eigenvalue weighted by atomic mass is 16.6. The van der Waals surface area contributed by atoms with E-state index < -0.39 is 28.6 Å². The Kier molecular flexibility index (Phi) is 3.45. The number of nitrogens with zero attached hydrogens (tertiary/aromatic N) is 4. The summed E-state index contributed by atoms with van der Waals surface area (Å²) < 4.78 is 2.05. The zero-order valence-electron chi connectivity index (χ0n) is 11.9. The van der Waals surface area contributed by atoms with E-state index >= 15 is 0 Å². The quantitative estimate of drug-likeness (QED) is 0.383. The highest BCUT2D eigenvalue weighted by Crippen LogP contribution is 2.27. The largest absolute Gasteiger partial charge is 0.480 e. The lowest BCUT2D eigenvalue weighted by Gasteiger charge is -2.10. The van der Waals surface area contributed by atoms with Gasteiger partial charge in [-0.15, -0.1) is 0 Å². The van der Waals surface area contributed by atoms with Crippen LogP contribution in [0.4, 0.5) is 5.69 Å². The summed E-state index contributed by atoms with van der Waals surface area (Å²) in [6.07, 6.45) is 4.22. The number of hydrogen-bond donors (Lipinski definition) is 2. The van der Waals surface area contributed by atoms with Gasteiger partial charge in [0.2, 0.25) is 0 Å². The molecule has 1 aromatic carbocycles. The van der Waals surface area contributed by atoms with Crippen LogP contribution >= 0.6 is 0 Å². The molecule has 11 nitrogen and oxygen atoms in total. The van der Waals surface area contributed by atoms with Gasteiger partial charge < -0.3 is 14.7 Å². The number of nitro groups is 1. The van der Waals surface area contributed by atoms with Gasteiger partial charge in [0, 0.05) is 18.5 Å². The number of carboxylic acids is 1. The number of aromatic amines is 1. The van der Waals surface area contributed by atoms with Crippen molar-refractivity contribution in [2.75, 3.05) is 0 Å². The van der Waals surface area contributed by atoms with Gasteiger partial charge in [-0.05, 0) is 6.07 Å². The number of nitro benzene ring substituents is 1. The summed E-state index contributed by atoms with van der Waals surface area (Å²) in [6.45, 7) is -0.791. The topological polar surface area (TPSA) is 153 Å². The molecule has 0 amide bonds. The molecule has 0 atom stereocenters. The van der Waals surface area contributed by atoms with Crippen molar-refractivity contribution < 1.29 is 14.8 Å². The predicted molar refractivity (Wildman–Crippen MR) is 80.2 cm³/mol. The average molecular weight is 331 g/mol. The molecule has 2 N–H and O–H groups in total. The third kappa shape index (κ3) is 2.43. The summed E-state index contributed by atoms with van der Waals surface area (Å²) in [7, 11) is 0. The second-order valence-corrected chi connectivity index (χ2v) is 4.82. The second kappa shape index (κ2) is 5.46. The standard InChI is InChI=1S/C13H9N5O6/c19-11(20)5-17-8-4-10(18(23)24)9(16-2-1-14-6-16)3-7(8)15-12(21)13(17)22/h1-4,6H,5H2,(H,15,21)(H,19,20). The minimum Gasteiger partial charge on any atom is -0.480 e. The molecule has 0 bridgehead atoms. The lowest BCUT2D eigenvalue weighted by atomic mass is 10.2. The van der Waals surface area contributed by atoms with Crippen LogP contribution in [0.5, 0.6) is 0 Å². The van der Waals surface area contributed by atoms with E-state index in [4.69, 9.17) is 5.11 Å². The van der Waals surface area contributed by atoms with Gasteiger partial charge in [0.1, 0.15) is 12.2 Å². The maximum Gasteiger partial charge on any atom is 0.323 e. The zero-order valence-corrected chi connectivity index (χ0v) is 11.9. The molecule has 2 heterocycles. The molecule has 0 aliphatic carbocycles. The number of benzene rings is 1. The second-order valence-electron chi connectivity index (χ2n) is 4.82. The Morgan fingerprint density at radius 3 is 2.71 bits per heavy atom. The van der Waals surface area contributed by atoms with Crippen LogP contribution in [0.1, 0.15) is 0 Å². The number of rotatable bonds is 4. The van der Waals surface area contributed by atoms with E-state index in [1.165, 1.54) is 29.4 Å². The monoisotopic (exact) mass is 331 g/mol. The minimum atomic E-state index is -1.36. The van der Waals surface area contributed by atoms with Crippen molar-refractivity contribution in [2.45, 2.75) is 6.54 Å². The van der Waals surface area contributed by atoms with Crippen LogP contribution in [0.2, 0.25) is 0 Å². The first-order valence-electron chi connectivity index (χ1n) is 6.54. The van der Waals surface area contributed by atoms with Crippen LogP contribution in [0.15, 0.2) is 40.4 Å². The summed E-state index contributed by atoms with van der Waals surface area (Å²) in [6, 6.07) is 2.33. The molecule has 0 saturated carbocycles. The zero-order chi connectivity index (χ0) is 17.4. The first kappa shape index (κ1) is 15.1. The Balaban J connectivity index is 2.43. The molecule has 0 radical (unpaired) electrons. The van der Waals surface area contributed by atoms with Crippen LogP contribution in [-0.4, -0.2) is 35.1 Å². The summed E-state index contributed by atoms with van der Waals surface area (Å²) in [5.41, 5.74) is -2.34. The van der Waals surface area contributed by atoms with Crippen molar-refractivity contribution >= 4 is 22.7 Å². The first-order valence-corrected chi connectivity index (χ1v) is 6.54. The smallest absolute Gasteiger partial charge is 0.323 e. The molecule has 0 spiro atoms. The Morgan fingerprint density at radius 1 is 1.38 bits per heavy atom. The molecule has 0 unspecified atom stereocenters. The molecule has 3 rings (SSSR count). The maximum absolute atomic E-state index is 11.9. The Hall–Kier alpha value is -3.76. The van der Waals surface area contributed by atoms with Crippen molar-refractivity contribution in [1.82, 2.24) is 19.1 Å². The van der Waals surface area contributed by atoms with E-state index in [1.807, 2.05) is 0 Å². The molecule has 24 heavy (non-hydrogen) atoms. The number of imidazole rings is 1. The van der Waals surface area contributed by atoms with Gasteiger partial charge in [-0.1, -0.05) is 0 Å². The fourth-order valence-corrected chi connectivity index (χ4v) is 2.34. The molecule has 2 aromatic heterocycles. The molecule has 3 aromatic rings. The van der Waals surface area contributed by atoms with Crippen LogP contribution in [0.25, 0.3) is 16.7 Å². The number of hydrogen-bond acceptors (Lipinski definition) is 6. The molecular weight excluding hydrogens is 322 g/mol. The van der Waals surface area contributed by atoms with Gasteiger partial charge in [-0.2, -0.15) is 0 Å². The van der Waals surface area contributed by atoms with Crippen molar-refractivity contribution in [3.8, 4) is 5.69 Å². The van der Waals surface area contributed by atoms with Crippen LogP contribution in [-0.2, 0) is 11.3 Å². The summed E-state index contributed by atoms with van der Waals surface area (Å²) in [5, 5.41) is 20.2. The molecule has 0 aliphatic heterocycles. The SMILES string of the molecule is O=C(O)Cn1c(=O)c(=O)[nH]c2cc(-n3ccnc3)c([N+](=O)[O-])cc21. The van der Waals surface area contributed by atoms with Gasteiger partial charge in [0.15, 0.2) is 0 Å². The van der Waals surface area contributed by atoms with E-state index in [0.717, 1.165) is 6.07 Å². The summed E-state index contributed by atoms with van der Waals surface area (Å²) in [4.78, 5) is 51.3. The van der Waals surface area contributed by atoms with Gasteiger partial charge in [0.05, 0.1) is 22.3 Å². The maximum atomic E-state index is 11.9. The Morgan fingerprint density at radius 2 is 2.12 bits per heavy atom. The van der Waals surface area contributed by atoms with Crippen molar-refractivity contribution in [3.63, 3.8) is 0 Å². The van der Waals surface area contributed by atoms with Gasteiger partial charge >= 0.3 is 17.1 Å². The average Bonchev–Trinajstić information content (AvgIpc) is 3.04. The number of aromatic nitrogens is 4. The highest BCUT2D eigenvalue weighted by molar-refractivity contribution is 5.83. The molecule has 0 fully saturated rings. The van der Waals surface area contributed by atoms with Gasteiger partial charge in [0.25, 0.3) is 5.69 Å². The predicted octanol–water partition coefficient (Wildman–Crippen LogP) is -0.132. The Bertz CT molecular complexity index is 1080. The van der Waals surface area contributed by atoms with Crippen LogP contribution < -0.4 is 11.1 Å². The highest BCUT2D eigenvalue weighted by Gasteiger charge is 2.20. The van der Waals surface area contributed by atoms with E-state index in [-0.39, 0.29) is 22.4 Å². The molecule has 0 aliphatic rings. The van der Waals surface area contributed by atoms with Crippen molar-refractivity contribution in [3.05, 3.63) is 61.7 Å². The summed E-state index contributed by atoms with van der Waals surface area (Å²) >= 11 is 0. The van der Waals surface area contributed by atoms with E-state index in [0.29, 0.717) is 4.57 Å². The normalized spacial score (nSPS) is 10.8. The van der Waals surface area contributed by atoms with Crippen molar-refractivity contribution in [2.24, 2.45) is 0 Å². The number of carbonyl (C=O) groups is 1. The van der Waals surface area contributed by atoms with Gasteiger partial charge in [-0.25, -0.2) is 4.98 Å². The van der Waals surface area contributed by atoms with E-state index in [2.05, 4.69) is 9.97 Å². The van der Waals surface area contributed by atoms with Crippen LogP contribution in [0, 0.1) is 10.1 Å². The third-order valence-corrected chi connectivity index (χ3v) is 3.34. The number of aliphatic carboxylic acids is 1. The molecule has 0 saturated heterocycles. The fraction of sp³-hybridized carbons (Fsp3) is 0.0769.